The van der Waals surface area contributed by atoms with Gasteiger partial charge in [0.05, 0.1) is 4.92 Å². The van der Waals surface area contributed by atoms with Crippen LogP contribution in [0.15, 0.2) is 18.3 Å². The van der Waals surface area contributed by atoms with Gasteiger partial charge in [0.25, 0.3) is 0 Å². The molecular weight excluding hydrogens is 210 g/mol. The largest absolute Gasteiger partial charge is 0.396 e. The summed E-state index contributed by atoms with van der Waals surface area (Å²) in [5.41, 5.74) is -0.0427. The molecule has 1 heterocycles. The van der Waals surface area contributed by atoms with Crippen LogP contribution in [0.25, 0.3) is 0 Å². The highest BCUT2D eigenvalue weighted by Gasteiger charge is 2.16. The number of hydrogen-bond acceptors (Lipinski definition) is 5. The first-order valence-electron chi connectivity index (χ1n) is 5.15. The zero-order valence-electron chi connectivity index (χ0n) is 9.09. The minimum atomic E-state index is -0.471. The second-order valence-electron chi connectivity index (χ2n) is 3.39. The standard InChI is InChI=1S/C10H15N3O3/c1-2-8(5-7-14)12-10-9(13(15)16)4-3-6-11-10/h3-4,6,8,14H,2,5,7H2,1H3,(H,11,12). The van der Waals surface area contributed by atoms with Crippen LogP contribution in [0.3, 0.4) is 0 Å². The maximum Gasteiger partial charge on any atom is 0.311 e. The van der Waals surface area contributed by atoms with E-state index in [-0.39, 0.29) is 24.2 Å². The number of hydrogen-bond donors (Lipinski definition) is 2. The fraction of sp³-hybridized carbons (Fsp3) is 0.500. The summed E-state index contributed by atoms with van der Waals surface area (Å²) in [5.74, 6) is 0.257. The summed E-state index contributed by atoms with van der Waals surface area (Å²) in [6.45, 7) is 1.99. The van der Waals surface area contributed by atoms with Crippen LogP contribution in [0.4, 0.5) is 11.5 Å². The molecule has 0 bridgehead atoms. The first kappa shape index (κ1) is 12.4. The lowest BCUT2D eigenvalue weighted by Gasteiger charge is -2.15. The molecule has 16 heavy (non-hydrogen) atoms. The summed E-state index contributed by atoms with van der Waals surface area (Å²) in [4.78, 5) is 14.2. The Morgan fingerprint density at radius 1 is 1.69 bits per heavy atom. The van der Waals surface area contributed by atoms with Crippen molar-refractivity contribution >= 4 is 11.5 Å². The Hall–Kier alpha value is -1.69. The quantitative estimate of drug-likeness (QED) is 0.566. The predicted octanol–water partition coefficient (Wildman–Crippen LogP) is 1.56. The summed E-state index contributed by atoms with van der Waals surface area (Å²) in [6.07, 6.45) is 2.82. The fourth-order valence-corrected chi connectivity index (χ4v) is 1.38. The Morgan fingerprint density at radius 3 is 3.00 bits per heavy atom. The zero-order valence-corrected chi connectivity index (χ0v) is 9.09. The van der Waals surface area contributed by atoms with Crippen LogP contribution in [-0.4, -0.2) is 27.7 Å². The SMILES string of the molecule is CCC(CCO)Nc1ncccc1[N+](=O)[O-]. The number of nitrogens with zero attached hydrogens (tertiary/aromatic N) is 2. The second kappa shape index (κ2) is 6.02. The first-order chi connectivity index (χ1) is 7.69. The average molecular weight is 225 g/mol. The van der Waals surface area contributed by atoms with E-state index in [0.717, 1.165) is 6.42 Å². The van der Waals surface area contributed by atoms with E-state index in [2.05, 4.69) is 10.3 Å². The number of pyridine rings is 1. The second-order valence-corrected chi connectivity index (χ2v) is 3.39. The van der Waals surface area contributed by atoms with Gasteiger partial charge in [0.1, 0.15) is 0 Å². The number of nitro groups is 1. The van der Waals surface area contributed by atoms with E-state index in [0.29, 0.717) is 6.42 Å². The number of anilines is 1. The molecule has 0 spiro atoms. The Morgan fingerprint density at radius 2 is 2.44 bits per heavy atom. The van der Waals surface area contributed by atoms with E-state index in [1.165, 1.54) is 18.3 Å². The number of aliphatic hydroxyl groups excluding tert-OH is 1. The van der Waals surface area contributed by atoms with E-state index in [1.807, 2.05) is 6.92 Å². The van der Waals surface area contributed by atoms with Gasteiger partial charge in [0, 0.05) is 24.9 Å². The number of aliphatic hydroxyl groups is 1. The lowest BCUT2D eigenvalue weighted by molar-refractivity contribution is -0.384. The van der Waals surface area contributed by atoms with Gasteiger partial charge in [-0.25, -0.2) is 4.98 Å². The van der Waals surface area contributed by atoms with Crippen LogP contribution in [0.1, 0.15) is 19.8 Å². The summed E-state index contributed by atoms with van der Waals surface area (Å²) in [6, 6.07) is 2.93. The van der Waals surface area contributed by atoms with Crippen molar-refractivity contribution in [1.82, 2.24) is 4.98 Å². The van der Waals surface area contributed by atoms with Crippen LogP contribution in [0.2, 0.25) is 0 Å². The van der Waals surface area contributed by atoms with Crippen molar-refractivity contribution in [1.29, 1.82) is 0 Å². The summed E-state index contributed by atoms with van der Waals surface area (Å²) < 4.78 is 0. The molecule has 88 valence electrons. The topological polar surface area (TPSA) is 88.3 Å². The molecule has 2 N–H and O–H groups in total. The van der Waals surface area contributed by atoms with Crippen LogP contribution in [-0.2, 0) is 0 Å². The highest BCUT2D eigenvalue weighted by Crippen LogP contribution is 2.21. The number of nitrogens with one attached hydrogen (secondary N) is 1. The molecule has 0 saturated heterocycles. The van der Waals surface area contributed by atoms with Gasteiger partial charge in [-0.3, -0.25) is 10.1 Å². The van der Waals surface area contributed by atoms with Crippen LogP contribution in [0.5, 0.6) is 0 Å². The molecule has 1 rings (SSSR count). The monoisotopic (exact) mass is 225 g/mol. The Balaban J connectivity index is 2.82. The summed E-state index contributed by atoms with van der Waals surface area (Å²) >= 11 is 0. The molecule has 0 aromatic carbocycles. The number of aromatic nitrogens is 1. The van der Waals surface area contributed by atoms with Crippen LogP contribution in [0, 0.1) is 10.1 Å². The molecule has 6 nitrogen and oxygen atoms in total. The smallest absolute Gasteiger partial charge is 0.311 e. The molecule has 1 aromatic heterocycles. The van der Waals surface area contributed by atoms with E-state index in [4.69, 9.17) is 5.11 Å². The molecule has 1 unspecified atom stereocenters. The van der Waals surface area contributed by atoms with E-state index in [9.17, 15) is 10.1 Å². The minimum absolute atomic E-state index is 0.00130. The van der Waals surface area contributed by atoms with E-state index in [1.54, 1.807) is 0 Å². The molecule has 0 aliphatic rings. The van der Waals surface area contributed by atoms with Crippen molar-refractivity contribution in [3.8, 4) is 0 Å². The van der Waals surface area contributed by atoms with Crippen molar-refractivity contribution in [2.45, 2.75) is 25.8 Å². The van der Waals surface area contributed by atoms with E-state index >= 15 is 0 Å². The molecule has 0 radical (unpaired) electrons. The number of rotatable bonds is 6. The van der Waals surface area contributed by atoms with Gasteiger partial charge in [-0.05, 0) is 18.9 Å². The normalized spacial score (nSPS) is 12.1. The molecule has 1 atom stereocenters. The third kappa shape index (κ3) is 3.16. The molecule has 0 aliphatic heterocycles. The van der Waals surface area contributed by atoms with Gasteiger partial charge in [-0.2, -0.15) is 0 Å². The van der Waals surface area contributed by atoms with Crippen molar-refractivity contribution in [2.75, 3.05) is 11.9 Å². The molecular formula is C10H15N3O3. The molecule has 6 heteroatoms. The van der Waals surface area contributed by atoms with Crippen LogP contribution >= 0.6 is 0 Å². The Kier molecular flexibility index (Phi) is 4.65. The molecule has 0 aliphatic carbocycles. The lowest BCUT2D eigenvalue weighted by atomic mass is 10.1. The molecule has 1 aromatic rings. The fourth-order valence-electron chi connectivity index (χ4n) is 1.38. The van der Waals surface area contributed by atoms with Crippen LogP contribution < -0.4 is 5.32 Å². The van der Waals surface area contributed by atoms with Gasteiger partial charge < -0.3 is 10.4 Å². The maximum atomic E-state index is 10.7. The molecule has 0 fully saturated rings. The van der Waals surface area contributed by atoms with Gasteiger partial charge >= 0.3 is 5.69 Å². The third-order valence-electron chi connectivity index (χ3n) is 2.29. The highest BCUT2D eigenvalue weighted by atomic mass is 16.6. The van der Waals surface area contributed by atoms with Crippen molar-refractivity contribution in [3.63, 3.8) is 0 Å². The predicted molar refractivity (Wildman–Crippen MR) is 60.3 cm³/mol. The Bertz CT molecular complexity index is 357. The van der Waals surface area contributed by atoms with Gasteiger partial charge in [-0.15, -0.1) is 0 Å². The van der Waals surface area contributed by atoms with E-state index < -0.39 is 4.92 Å². The summed E-state index contributed by atoms with van der Waals surface area (Å²) in [5, 5.41) is 22.5. The van der Waals surface area contributed by atoms with Crippen molar-refractivity contribution in [2.24, 2.45) is 0 Å². The van der Waals surface area contributed by atoms with Gasteiger partial charge in [-0.1, -0.05) is 6.92 Å². The zero-order chi connectivity index (χ0) is 12.0. The summed E-state index contributed by atoms with van der Waals surface area (Å²) in [7, 11) is 0. The highest BCUT2D eigenvalue weighted by molar-refractivity contribution is 5.55. The maximum absolute atomic E-state index is 10.7. The minimum Gasteiger partial charge on any atom is -0.396 e. The van der Waals surface area contributed by atoms with Gasteiger partial charge in [0.15, 0.2) is 0 Å². The average Bonchev–Trinajstić information content (AvgIpc) is 2.29. The Labute approximate surface area is 93.5 Å². The molecule has 0 saturated carbocycles. The molecule has 0 amide bonds. The van der Waals surface area contributed by atoms with Gasteiger partial charge in [0.2, 0.25) is 5.82 Å². The lowest BCUT2D eigenvalue weighted by Crippen LogP contribution is -2.21. The first-order valence-corrected chi connectivity index (χ1v) is 5.15. The van der Waals surface area contributed by atoms with Crippen molar-refractivity contribution < 1.29 is 10.0 Å². The van der Waals surface area contributed by atoms with Crippen molar-refractivity contribution in [3.05, 3.63) is 28.4 Å². The third-order valence-corrected chi connectivity index (χ3v) is 2.29.